The zero-order valence-electron chi connectivity index (χ0n) is 14.7. The maximum Gasteiger partial charge on any atom is 0.332 e. The number of nitrogens with two attached hydrogens (primary N) is 1. The SMILES string of the molecule is CCCn1c(N)c(C(=O)COC(=O)CCc2ccco2)c(=O)n(C)c1=O. The summed E-state index contributed by atoms with van der Waals surface area (Å²) in [4.78, 5) is 48.4. The average Bonchev–Trinajstić information content (AvgIpc) is 3.13. The van der Waals surface area contributed by atoms with Crippen LogP contribution in [0.25, 0.3) is 0 Å². The van der Waals surface area contributed by atoms with Crippen molar-refractivity contribution >= 4 is 17.6 Å². The van der Waals surface area contributed by atoms with Crippen LogP contribution in [0.15, 0.2) is 32.4 Å². The minimum absolute atomic E-state index is 0.0314. The summed E-state index contributed by atoms with van der Waals surface area (Å²) in [6.07, 6.45) is 2.46. The first-order valence-corrected chi connectivity index (χ1v) is 8.17. The van der Waals surface area contributed by atoms with Crippen molar-refractivity contribution in [1.82, 2.24) is 9.13 Å². The Morgan fingerprint density at radius 2 is 2.04 bits per heavy atom. The molecule has 0 aliphatic heterocycles. The van der Waals surface area contributed by atoms with E-state index in [0.717, 1.165) is 9.13 Å². The fraction of sp³-hybridized carbons (Fsp3) is 0.412. The number of ether oxygens (including phenoxy) is 1. The number of ketones is 1. The number of aromatic nitrogens is 2. The zero-order valence-corrected chi connectivity index (χ0v) is 14.7. The number of Topliss-reactive ketones (excluding diaryl/α,β-unsaturated/α-hetero) is 1. The topological polar surface area (TPSA) is 127 Å². The van der Waals surface area contributed by atoms with Crippen molar-refractivity contribution in [2.75, 3.05) is 12.3 Å². The first-order chi connectivity index (χ1) is 12.4. The number of nitrogens with zero attached hydrogens (tertiary/aromatic N) is 2. The number of carbonyl (C=O) groups excluding carboxylic acids is 2. The van der Waals surface area contributed by atoms with E-state index >= 15 is 0 Å². The first kappa shape index (κ1) is 19.2. The van der Waals surface area contributed by atoms with E-state index < -0.39 is 29.6 Å². The Bertz CT molecular complexity index is 908. The van der Waals surface area contributed by atoms with Crippen molar-refractivity contribution < 1.29 is 18.7 Å². The van der Waals surface area contributed by atoms with Gasteiger partial charge in [-0.05, 0) is 18.6 Å². The van der Waals surface area contributed by atoms with Gasteiger partial charge in [0.1, 0.15) is 17.1 Å². The van der Waals surface area contributed by atoms with Gasteiger partial charge in [-0.2, -0.15) is 0 Å². The van der Waals surface area contributed by atoms with Gasteiger partial charge in [0.2, 0.25) is 5.78 Å². The molecule has 0 amide bonds. The van der Waals surface area contributed by atoms with Crippen molar-refractivity contribution in [2.24, 2.45) is 7.05 Å². The lowest BCUT2D eigenvalue weighted by Crippen LogP contribution is -2.43. The van der Waals surface area contributed by atoms with Crippen molar-refractivity contribution in [3.8, 4) is 0 Å². The molecule has 0 bridgehead atoms. The molecular weight excluding hydrogens is 342 g/mol. The number of carbonyl (C=O) groups is 2. The summed E-state index contributed by atoms with van der Waals surface area (Å²) >= 11 is 0. The van der Waals surface area contributed by atoms with Crippen molar-refractivity contribution in [2.45, 2.75) is 32.7 Å². The van der Waals surface area contributed by atoms with Crippen LogP contribution >= 0.6 is 0 Å². The molecule has 0 unspecified atom stereocenters. The first-order valence-electron chi connectivity index (χ1n) is 8.17. The molecule has 0 atom stereocenters. The molecule has 26 heavy (non-hydrogen) atoms. The summed E-state index contributed by atoms with van der Waals surface area (Å²) in [5.74, 6) is -0.944. The summed E-state index contributed by atoms with van der Waals surface area (Å²) in [7, 11) is 1.27. The number of aryl methyl sites for hydroxylation is 1. The van der Waals surface area contributed by atoms with Crippen LogP contribution in [0, 0.1) is 0 Å². The highest BCUT2D eigenvalue weighted by molar-refractivity contribution is 6.01. The Morgan fingerprint density at radius 1 is 1.31 bits per heavy atom. The van der Waals surface area contributed by atoms with Crippen LogP contribution in [0.3, 0.4) is 0 Å². The minimum Gasteiger partial charge on any atom is -0.469 e. The highest BCUT2D eigenvalue weighted by atomic mass is 16.5. The molecule has 2 aromatic rings. The fourth-order valence-electron chi connectivity index (χ4n) is 2.46. The van der Waals surface area contributed by atoms with Crippen LogP contribution in [0.1, 0.15) is 35.9 Å². The van der Waals surface area contributed by atoms with E-state index in [1.165, 1.54) is 13.3 Å². The maximum atomic E-state index is 12.3. The largest absolute Gasteiger partial charge is 0.469 e. The van der Waals surface area contributed by atoms with E-state index in [2.05, 4.69) is 0 Å². The summed E-state index contributed by atoms with van der Waals surface area (Å²) in [5, 5.41) is 0. The molecule has 2 N–H and O–H groups in total. The minimum atomic E-state index is -0.809. The molecule has 2 aromatic heterocycles. The van der Waals surface area contributed by atoms with E-state index in [-0.39, 0.29) is 24.3 Å². The molecule has 0 aliphatic rings. The van der Waals surface area contributed by atoms with Gasteiger partial charge in [0.25, 0.3) is 5.56 Å². The molecule has 0 saturated carbocycles. The predicted octanol–water partition coefficient (Wildman–Crippen LogP) is 0.491. The van der Waals surface area contributed by atoms with Gasteiger partial charge >= 0.3 is 11.7 Å². The van der Waals surface area contributed by atoms with Crippen LogP contribution < -0.4 is 17.0 Å². The molecule has 0 radical (unpaired) electrons. The van der Waals surface area contributed by atoms with Crippen molar-refractivity contribution in [3.05, 3.63) is 50.6 Å². The number of furan rings is 1. The molecule has 2 heterocycles. The second-order valence-electron chi connectivity index (χ2n) is 5.72. The monoisotopic (exact) mass is 363 g/mol. The quantitative estimate of drug-likeness (QED) is 0.534. The second-order valence-corrected chi connectivity index (χ2v) is 5.72. The Kier molecular flexibility index (Phi) is 6.16. The Hall–Kier alpha value is -3.10. The Balaban J connectivity index is 2.10. The number of hydrogen-bond acceptors (Lipinski definition) is 7. The highest BCUT2D eigenvalue weighted by Crippen LogP contribution is 2.08. The van der Waals surface area contributed by atoms with Crippen molar-refractivity contribution in [1.29, 1.82) is 0 Å². The van der Waals surface area contributed by atoms with Crippen LogP contribution in [0.4, 0.5) is 5.82 Å². The third-order valence-electron chi connectivity index (χ3n) is 3.83. The number of anilines is 1. The van der Waals surface area contributed by atoms with Gasteiger partial charge in [0.05, 0.1) is 12.7 Å². The van der Waals surface area contributed by atoms with Crippen LogP contribution in [0.2, 0.25) is 0 Å². The molecule has 0 spiro atoms. The summed E-state index contributed by atoms with van der Waals surface area (Å²) in [5.41, 5.74) is 4.09. The van der Waals surface area contributed by atoms with Crippen LogP contribution in [-0.2, 0) is 29.5 Å². The molecule has 0 fully saturated rings. The van der Waals surface area contributed by atoms with Gasteiger partial charge in [0, 0.05) is 20.0 Å². The third kappa shape index (κ3) is 4.11. The predicted molar refractivity (Wildman–Crippen MR) is 93.0 cm³/mol. The molecular formula is C17H21N3O6. The Morgan fingerprint density at radius 3 is 2.65 bits per heavy atom. The molecule has 0 aromatic carbocycles. The van der Waals surface area contributed by atoms with Gasteiger partial charge in [-0.25, -0.2) is 4.79 Å². The Labute approximate surface area is 149 Å². The smallest absolute Gasteiger partial charge is 0.332 e. The summed E-state index contributed by atoms with van der Waals surface area (Å²) in [6, 6.07) is 3.42. The molecule has 9 heteroatoms. The summed E-state index contributed by atoms with van der Waals surface area (Å²) < 4.78 is 12.0. The zero-order chi connectivity index (χ0) is 19.3. The standard InChI is InChI=1S/C17H21N3O6/c1-3-8-20-15(18)14(16(23)19(2)17(20)24)12(21)10-26-13(22)7-6-11-5-4-9-25-11/h4-5,9H,3,6-8,10,18H2,1-2H3. The number of nitrogen functional groups attached to an aromatic ring is 1. The third-order valence-corrected chi connectivity index (χ3v) is 3.83. The number of hydrogen-bond donors (Lipinski definition) is 1. The molecule has 0 saturated heterocycles. The van der Waals surface area contributed by atoms with Gasteiger partial charge in [0.15, 0.2) is 6.61 Å². The second kappa shape index (κ2) is 8.32. The summed E-state index contributed by atoms with van der Waals surface area (Å²) in [6.45, 7) is 1.47. The van der Waals surface area contributed by atoms with Gasteiger partial charge in [-0.15, -0.1) is 0 Å². The lowest BCUT2D eigenvalue weighted by molar-refractivity contribution is -0.142. The molecule has 0 aliphatic carbocycles. The lowest BCUT2D eigenvalue weighted by atomic mass is 10.2. The molecule has 140 valence electrons. The van der Waals surface area contributed by atoms with Crippen LogP contribution in [0.5, 0.6) is 0 Å². The molecule has 9 nitrogen and oxygen atoms in total. The van der Waals surface area contributed by atoms with Crippen LogP contribution in [-0.4, -0.2) is 27.5 Å². The van der Waals surface area contributed by atoms with E-state index in [1.807, 2.05) is 6.92 Å². The van der Waals surface area contributed by atoms with E-state index in [0.29, 0.717) is 18.6 Å². The normalized spacial score (nSPS) is 10.7. The highest BCUT2D eigenvalue weighted by Gasteiger charge is 2.22. The number of esters is 1. The fourth-order valence-corrected chi connectivity index (χ4v) is 2.46. The molecule has 2 rings (SSSR count). The van der Waals surface area contributed by atoms with E-state index in [9.17, 15) is 19.2 Å². The average molecular weight is 363 g/mol. The number of rotatable bonds is 8. The maximum absolute atomic E-state index is 12.3. The van der Waals surface area contributed by atoms with Gasteiger partial charge in [-0.3, -0.25) is 23.5 Å². The van der Waals surface area contributed by atoms with Gasteiger partial charge < -0.3 is 14.9 Å². The van der Waals surface area contributed by atoms with E-state index in [4.69, 9.17) is 14.9 Å². The lowest BCUT2D eigenvalue weighted by Gasteiger charge is -2.13. The van der Waals surface area contributed by atoms with Gasteiger partial charge in [-0.1, -0.05) is 6.92 Å². The van der Waals surface area contributed by atoms with Crippen molar-refractivity contribution in [3.63, 3.8) is 0 Å². The van der Waals surface area contributed by atoms with E-state index in [1.54, 1.807) is 12.1 Å².